The van der Waals surface area contributed by atoms with E-state index in [9.17, 15) is 9.59 Å². The highest BCUT2D eigenvalue weighted by Crippen LogP contribution is 2.33. The molecule has 0 radical (unpaired) electrons. The number of primary amides is 1. The number of amides is 2. The number of benzene rings is 1. The van der Waals surface area contributed by atoms with Gasteiger partial charge in [0.25, 0.3) is 5.91 Å². The number of hydrogen-bond acceptors (Lipinski definition) is 4. The van der Waals surface area contributed by atoms with Crippen LogP contribution in [0.5, 0.6) is 5.75 Å². The Hall–Kier alpha value is -2.76. The van der Waals surface area contributed by atoms with Crippen LogP contribution in [0.1, 0.15) is 40.0 Å². The first-order valence-corrected chi connectivity index (χ1v) is 9.75. The van der Waals surface area contributed by atoms with Crippen LogP contribution in [-0.2, 0) is 9.59 Å². The molecule has 0 saturated carbocycles. The first kappa shape index (κ1) is 20.0. The lowest BCUT2D eigenvalue weighted by atomic mass is 9.81. The predicted octanol–water partition coefficient (Wildman–Crippen LogP) is 3.61. The van der Waals surface area contributed by atoms with Crippen molar-refractivity contribution in [1.29, 1.82) is 0 Å². The largest absolute Gasteiger partial charge is 0.477 e. The van der Waals surface area contributed by atoms with E-state index in [1.54, 1.807) is 12.1 Å². The minimum absolute atomic E-state index is 0.00862. The van der Waals surface area contributed by atoms with Crippen LogP contribution in [0.25, 0.3) is 0 Å². The summed E-state index contributed by atoms with van der Waals surface area (Å²) >= 11 is 0. The van der Waals surface area contributed by atoms with Crippen LogP contribution in [-0.4, -0.2) is 24.5 Å². The van der Waals surface area contributed by atoms with Gasteiger partial charge in [0.2, 0.25) is 5.91 Å². The lowest BCUT2D eigenvalue weighted by molar-refractivity contribution is -0.124. The average Bonchev–Trinajstić information content (AvgIpc) is 2.65. The molecule has 2 amide bonds. The van der Waals surface area contributed by atoms with Crippen LogP contribution < -0.4 is 21.1 Å². The molecule has 2 atom stereocenters. The van der Waals surface area contributed by atoms with Crippen molar-refractivity contribution in [2.75, 3.05) is 17.2 Å². The van der Waals surface area contributed by atoms with Gasteiger partial charge in [0, 0.05) is 12.1 Å². The van der Waals surface area contributed by atoms with Gasteiger partial charge in [-0.15, -0.1) is 0 Å². The Morgan fingerprint density at radius 2 is 2.11 bits per heavy atom. The Bertz CT molecular complexity index is 821. The zero-order valence-corrected chi connectivity index (χ0v) is 16.7. The summed E-state index contributed by atoms with van der Waals surface area (Å²) in [6, 6.07) is 5.31. The third kappa shape index (κ3) is 4.94. The second kappa shape index (κ2) is 8.09. The molecule has 6 heteroatoms. The summed E-state index contributed by atoms with van der Waals surface area (Å²) in [5, 5.41) is 6.05. The van der Waals surface area contributed by atoms with E-state index in [0.717, 1.165) is 18.5 Å². The van der Waals surface area contributed by atoms with Crippen LogP contribution in [0.15, 0.2) is 42.0 Å². The van der Waals surface area contributed by atoms with E-state index in [-0.39, 0.29) is 11.3 Å². The lowest BCUT2D eigenvalue weighted by Crippen LogP contribution is -2.41. The molecule has 2 unspecified atom stereocenters. The van der Waals surface area contributed by atoms with Crippen LogP contribution in [0, 0.1) is 11.3 Å². The summed E-state index contributed by atoms with van der Waals surface area (Å²) in [5.74, 6) is 0.449. The molecule has 0 bridgehead atoms. The Morgan fingerprint density at radius 3 is 2.75 bits per heavy atom. The zero-order valence-electron chi connectivity index (χ0n) is 16.7. The lowest BCUT2D eigenvalue weighted by Gasteiger charge is -2.26. The molecule has 0 fully saturated rings. The maximum absolute atomic E-state index is 12.3. The molecular formula is C22H29N3O3. The summed E-state index contributed by atoms with van der Waals surface area (Å²) in [7, 11) is 0. The first-order valence-electron chi connectivity index (χ1n) is 9.75. The second-order valence-corrected chi connectivity index (χ2v) is 8.45. The first-order chi connectivity index (χ1) is 13.2. The van der Waals surface area contributed by atoms with Crippen LogP contribution in [0.3, 0.4) is 0 Å². The molecule has 2 aliphatic rings. The maximum atomic E-state index is 12.3. The van der Waals surface area contributed by atoms with Gasteiger partial charge in [-0.1, -0.05) is 39.0 Å². The number of anilines is 2. The van der Waals surface area contributed by atoms with Gasteiger partial charge >= 0.3 is 0 Å². The Morgan fingerprint density at radius 1 is 1.32 bits per heavy atom. The number of carbonyl (C=O) groups is 2. The molecule has 0 aromatic heterocycles. The van der Waals surface area contributed by atoms with Gasteiger partial charge in [-0.3, -0.25) is 9.59 Å². The van der Waals surface area contributed by atoms with Crippen LogP contribution in [0.4, 0.5) is 11.4 Å². The fraction of sp³-hybridized carbons (Fsp3) is 0.455. The Labute approximate surface area is 166 Å². The van der Waals surface area contributed by atoms with Crippen molar-refractivity contribution in [2.24, 2.45) is 17.1 Å². The summed E-state index contributed by atoms with van der Waals surface area (Å²) in [4.78, 5) is 23.6. The highest BCUT2D eigenvalue weighted by atomic mass is 16.5. The molecule has 3 rings (SSSR count). The summed E-state index contributed by atoms with van der Waals surface area (Å²) in [6.45, 7) is 6.95. The van der Waals surface area contributed by atoms with E-state index in [4.69, 9.17) is 10.5 Å². The quantitative estimate of drug-likeness (QED) is 0.724. The van der Waals surface area contributed by atoms with Crippen molar-refractivity contribution < 1.29 is 14.3 Å². The van der Waals surface area contributed by atoms with Gasteiger partial charge < -0.3 is 21.1 Å². The molecule has 0 saturated heterocycles. The average molecular weight is 383 g/mol. The fourth-order valence-electron chi connectivity index (χ4n) is 3.38. The summed E-state index contributed by atoms with van der Waals surface area (Å²) in [6.07, 6.45) is 8.31. The number of fused-ring (bicyclic) bond motifs is 1. The van der Waals surface area contributed by atoms with Crippen molar-refractivity contribution in [3.8, 4) is 5.75 Å². The molecule has 1 aliphatic carbocycles. The van der Waals surface area contributed by atoms with Crippen LogP contribution >= 0.6 is 0 Å². The molecule has 150 valence electrons. The van der Waals surface area contributed by atoms with Gasteiger partial charge in [0.05, 0.1) is 12.2 Å². The number of carbonyl (C=O) groups excluding carboxylic acids is 2. The zero-order chi connectivity index (χ0) is 20.3. The van der Waals surface area contributed by atoms with Crippen molar-refractivity contribution in [2.45, 2.75) is 46.1 Å². The highest BCUT2D eigenvalue weighted by molar-refractivity contribution is 5.91. The number of rotatable bonds is 5. The molecule has 1 aromatic rings. The molecule has 1 aromatic carbocycles. The third-order valence-electron chi connectivity index (χ3n) is 5.12. The van der Waals surface area contributed by atoms with E-state index < -0.39 is 12.0 Å². The highest BCUT2D eigenvalue weighted by Gasteiger charge is 2.24. The SMILES string of the molecule is CC(C)(C)C1=CCC(CCC(=O)Nc2ccc3c(c2)NCC(C(N)=O)O3)C=C1. The topological polar surface area (TPSA) is 93.5 Å². The smallest absolute Gasteiger partial charge is 0.260 e. The second-order valence-electron chi connectivity index (χ2n) is 8.45. The van der Waals surface area contributed by atoms with Crippen LogP contribution in [0.2, 0.25) is 0 Å². The number of allylic oxidation sites excluding steroid dienone is 4. The standard InChI is InChI=1S/C22H29N3O3/c1-22(2,3)15-7-4-14(5-8-15)6-11-20(26)25-16-9-10-18-17(12-16)24-13-19(28-18)21(23)27/h4,7-10,12,14,19,24H,5-6,11,13H2,1-3H3,(H2,23,27)(H,25,26). The number of ether oxygens (including phenoxy) is 1. The molecule has 1 heterocycles. The van der Waals surface area contributed by atoms with E-state index in [1.165, 1.54) is 5.57 Å². The third-order valence-corrected chi connectivity index (χ3v) is 5.12. The Balaban J connectivity index is 1.49. The van der Waals surface area contributed by atoms with E-state index >= 15 is 0 Å². The normalized spacial score (nSPS) is 21.0. The Kier molecular flexibility index (Phi) is 5.77. The molecule has 4 N–H and O–H groups in total. The van der Waals surface area contributed by atoms with Gasteiger partial charge in [-0.25, -0.2) is 0 Å². The maximum Gasteiger partial charge on any atom is 0.260 e. The minimum atomic E-state index is -0.677. The molecule has 0 spiro atoms. The molecule has 6 nitrogen and oxygen atoms in total. The van der Waals surface area contributed by atoms with E-state index in [0.29, 0.717) is 30.3 Å². The summed E-state index contributed by atoms with van der Waals surface area (Å²) in [5.41, 5.74) is 8.24. The number of nitrogens with one attached hydrogen (secondary N) is 2. The number of nitrogens with two attached hydrogens (primary N) is 1. The number of hydrogen-bond donors (Lipinski definition) is 3. The van der Waals surface area contributed by atoms with Gasteiger partial charge in [0.15, 0.2) is 6.10 Å². The van der Waals surface area contributed by atoms with Crippen molar-refractivity contribution >= 4 is 23.2 Å². The van der Waals surface area contributed by atoms with E-state index in [1.807, 2.05) is 6.07 Å². The summed E-state index contributed by atoms with van der Waals surface area (Å²) < 4.78 is 5.55. The van der Waals surface area contributed by atoms with E-state index in [2.05, 4.69) is 49.6 Å². The minimum Gasteiger partial charge on any atom is -0.477 e. The van der Waals surface area contributed by atoms with Gasteiger partial charge in [-0.2, -0.15) is 0 Å². The van der Waals surface area contributed by atoms with Crippen molar-refractivity contribution in [3.63, 3.8) is 0 Å². The van der Waals surface area contributed by atoms with Gasteiger partial charge in [-0.05, 0) is 47.9 Å². The predicted molar refractivity (Wildman–Crippen MR) is 111 cm³/mol. The molecule has 28 heavy (non-hydrogen) atoms. The van der Waals surface area contributed by atoms with Crippen molar-refractivity contribution in [1.82, 2.24) is 0 Å². The molecule has 1 aliphatic heterocycles. The van der Waals surface area contributed by atoms with Crippen molar-refractivity contribution in [3.05, 3.63) is 42.0 Å². The molecular weight excluding hydrogens is 354 g/mol. The van der Waals surface area contributed by atoms with Gasteiger partial charge in [0.1, 0.15) is 5.75 Å². The fourth-order valence-corrected chi connectivity index (χ4v) is 3.38. The monoisotopic (exact) mass is 383 g/mol.